The Kier molecular flexibility index (Phi) is 5.92. The highest BCUT2D eigenvalue weighted by molar-refractivity contribution is 5.72. The van der Waals surface area contributed by atoms with Crippen molar-refractivity contribution in [3.8, 4) is 0 Å². The van der Waals surface area contributed by atoms with E-state index in [4.69, 9.17) is 5.11 Å². The largest absolute Gasteiger partial charge is 0.481 e. The highest BCUT2D eigenvalue weighted by atomic mass is 16.4. The van der Waals surface area contributed by atoms with Crippen molar-refractivity contribution in [1.82, 2.24) is 10.2 Å². The van der Waals surface area contributed by atoms with Crippen molar-refractivity contribution >= 4 is 5.97 Å². The van der Waals surface area contributed by atoms with Crippen molar-refractivity contribution < 1.29 is 9.90 Å². The molecule has 4 nitrogen and oxygen atoms in total. The molecule has 2 unspecified atom stereocenters. The fraction of sp³-hybridized carbons (Fsp3) is 0.923. The number of carboxylic acids is 1. The zero-order valence-electron chi connectivity index (χ0n) is 11.3. The fourth-order valence-electron chi connectivity index (χ4n) is 2.07. The molecule has 1 aliphatic rings. The number of nitrogens with zero attached hydrogens (tertiary/aromatic N) is 1. The Bertz CT molecular complexity index is 244. The van der Waals surface area contributed by atoms with Crippen LogP contribution in [0.1, 0.15) is 39.5 Å². The lowest BCUT2D eigenvalue weighted by Crippen LogP contribution is -2.47. The van der Waals surface area contributed by atoms with Gasteiger partial charge in [0.1, 0.15) is 0 Å². The molecule has 1 aliphatic carbocycles. The molecule has 0 aromatic carbocycles. The maximum Gasteiger partial charge on any atom is 0.308 e. The predicted octanol–water partition coefficient (Wildman–Crippen LogP) is 1.56. The highest BCUT2D eigenvalue weighted by Crippen LogP contribution is 2.27. The number of hydrogen-bond acceptors (Lipinski definition) is 3. The summed E-state index contributed by atoms with van der Waals surface area (Å²) in [5.41, 5.74) is 0. The number of carbonyl (C=O) groups is 1. The second-order valence-corrected chi connectivity index (χ2v) is 5.36. The van der Waals surface area contributed by atoms with Crippen molar-refractivity contribution in [2.45, 2.75) is 51.6 Å². The molecule has 0 saturated heterocycles. The Balaban J connectivity index is 2.00. The molecule has 1 fully saturated rings. The summed E-state index contributed by atoms with van der Waals surface area (Å²) in [5, 5.41) is 12.2. The minimum absolute atomic E-state index is 0.145. The maximum atomic E-state index is 10.8. The zero-order valence-corrected chi connectivity index (χ0v) is 11.3. The first kappa shape index (κ1) is 14.5. The van der Waals surface area contributed by atoms with Gasteiger partial charge in [0.15, 0.2) is 0 Å². The predicted molar refractivity (Wildman–Crippen MR) is 69.2 cm³/mol. The van der Waals surface area contributed by atoms with Gasteiger partial charge in [0.05, 0.1) is 5.92 Å². The van der Waals surface area contributed by atoms with Crippen LogP contribution in [0, 0.1) is 5.92 Å². The van der Waals surface area contributed by atoms with Gasteiger partial charge >= 0.3 is 5.97 Å². The molecule has 4 heteroatoms. The van der Waals surface area contributed by atoms with Crippen LogP contribution in [0.25, 0.3) is 0 Å². The Labute approximate surface area is 104 Å². The first-order valence-corrected chi connectivity index (χ1v) is 6.68. The molecule has 17 heavy (non-hydrogen) atoms. The number of rotatable bonds is 8. The van der Waals surface area contributed by atoms with E-state index in [-0.39, 0.29) is 12.0 Å². The van der Waals surface area contributed by atoms with Crippen molar-refractivity contribution in [2.75, 3.05) is 20.1 Å². The first-order chi connectivity index (χ1) is 8.02. The standard InChI is InChI=1S/C13H26N2O2/c1-10(2)15(3)9-5-4-8-14-12-7-6-11(12)13(16)17/h10-12,14H,4-9H2,1-3H3,(H,16,17). The van der Waals surface area contributed by atoms with E-state index >= 15 is 0 Å². The summed E-state index contributed by atoms with van der Waals surface area (Å²) in [6.07, 6.45) is 4.15. The summed E-state index contributed by atoms with van der Waals surface area (Å²) in [4.78, 5) is 13.1. The van der Waals surface area contributed by atoms with Gasteiger partial charge in [0, 0.05) is 12.1 Å². The Hall–Kier alpha value is -0.610. The number of nitrogens with one attached hydrogen (secondary N) is 1. The minimum Gasteiger partial charge on any atom is -0.481 e. The number of carboxylic acid groups (broad SMARTS) is 1. The number of unbranched alkanes of at least 4 members (excludes halogenated alkanes) is 1. The molecule has 0 aromatic heterocycles. The lowest BCUT2D eigenvalue weighted by molar-refractivity contribution is -0.146. The van der Waals surface area contributed by atoms with Crippen LogP contribution >= 0.6 is 0 Å². The molecular weight excluding hydrogens is 216 g/mol. The van der Waals surface area contributed by atoms with Gasteiger partial charge in [0.2, 0.25) is 0 Å². The van der Waals surface area contributed by atoms with Gasteiger partial charge in [-0.3, -0.25) is 4.79 Å². The Morgan fingerprint density at radius 2 is 2.12 bits per heavy atom. The number of hydrogen-bond donors (Lipinski definition) is 2. The maximum absolute atomic E-state index is 10.8. The normalized spacial score (nSPS) is 24.1. The van der Waals surface area contributed by atoms with Crippen LogP contribution in [-0.4, -0.2) is 48.2 Å². The Morgan fingerprint density at radius 3 is 2.59 bits per heavy atom. The van der Waals surface area contributed by atoms with Crippen molar-refractivity contribution in [2.24, 2.45) is 5.92 Å². The van der Waals surface area contributed by atoms with E-state index in [1.54, 1.807) is 0 Å². The summed E-state index contributed by atoms with van der Waals surface area (Å²) in [5.74, 6) is -0.790. The van der Waals surface area contributed by atoms with E-state index in [9.17, 15) is 4.79 Å². The van der Waals surface area contributed by atoms with E-state index in [2.05, 4.69) is 31.1 Å². The van der Waals surface area contributed by atoms with Crippen LogP contribution in [0.5, 0.6) is 0 Å². The van der Waals surface area contributed by atoms with Crippen LogP contribution in [0.4, 0.5) is 0 Å². The summed E-state index contributed by atoms with van der Waals surface area (Å²) >= 11 is 0. The van der Waals surface area contributed by atoms with Crippen molar-refractivity contribution in [3.63, 3.8) is 0 Å². The van der Waals surface area contributed by atoms with E-state index in [0.717, 1.165) is 32.4 Å². The van der Waals surface area contributed by atoms with Gasteiger partial charge in [-0.1, -0.05) is 0 Å². The monoisotopic (exact) mass is 242 g/mol. The molecule has 0 heterocycles. The molecule has 100 valence electrons. The van der Waals surface area contributed by atoms with Crippen LogP contribution < -0.4 is 5.32 Å². The van der Waals surface area contributed by atoms with Crippen LogP contribution in [0.3, 0.4) is 0 Å². The third-order valence-electron chi connectivity index (χ3n) is 3.82. The molecule has 0 spiro atoms. The third kappa shape index (κ3) is 4.64. The van der Waals surface area contributed by atoms with Gasteiger partial charge < -0.3 is 15.3 Å². The average Bonchev–Trinajstić information content (AvgIpc) is 2.19. The van der Waals surface area contributed by atoms with Crippen LogP contribution in [0.15, 0.2) is 0 Å². The third-order valence-corrected chi connectivity index (χ3v) is 3.82. The van der Waals surface area contributed by atoms with E-state index in [1.807, 2.05) is 0 Å². The van der Waals surface area contributed by atoms with Gasteiger partial charge in [0.25, 0.3) is 0 Å². The van der Waals surface area contributed by atoms with E-state index in [1.165, 1.54) is 6.42 Å². The average molecular weight is 242 g/mol. The SMILES string of the molecule is CC(C)N(C)CCCCNC1CCC1C(=O)O. The lowest BCUT2D eigenvalue weighted by Gasteiger charge is -2.34. The molecule has 2 atom stereocenters. The van der Waals surface area contributed by atoms with Crippen molar-refractivity contribution in [1.29, 1.82) is 0 Å². The molecule has 1 rings (SSSR count). The summed E-state index contributed by atoms with van der Waals surface area (Å²) < 4.78 is 0. The molecule has 0 aliphatic heterocycles. The van der Waals surface area contributed by atoms with E-state index in [0.29, 0.717) is 6.04 Å². The molecule has 0 bridgehead atoms. The fourth-order valence-corrected chi connectivity index (χ4v) is 2.07. The zero-order chi connectivity index (χ0) is 12.8. The molecule has 0 amide bonds. The second-order valence-electron chi connectivity index (χ2n) is 5.36. The topological polar surface area (TPSA) is 52.6 Å². The van der Waals surface area contributed by atoms with Crippen LogP contribution in [-0.2, 0) is 4.79 Å². The quantitative estimate of drug-likeness (QED) is 0.634. The van der Waals surface area contributed by atoms with Gasteiger partial charge in [-0.2, -0.15) is 0 Å². The highest BCUT2D eigenvalue weighted by Gasteiger charge is 2.35. The number of aliphatic carboxylic acids is 1. The first-order valence-electron chi connectivity index (χ1n) is 6.68. The summed E-state index contributed by atoms with van der Waals surface area (Å²) in [6, 6.07) is 0.821. The molecule has 1 saturated carbocycles. The van der Waals surface area contributed by atoms with Gasteiger partial charge in [-0.05, 0) is 59.7 Å². The van der Waals surface area contributed by atoms with E-state index < -0.39 is 5.97 Å². The molecule has 0 aromatic rings. The second kappa shape index (κ2) is 6.97. The molecular formula is C13H26N2O2. The van der Waals surface area contributed by atoms with Crippen molar-refractivity contribution in [3.05, 3.63) is 0 Å². The molecule has 2 N–H and O–H groups in total. The van der Waals surface area contributed by atoms with Gasteiger partial charge in [-0.25, -0.2) is 0 Å². The Morgan fingerprint density at radius 1 is 1.41 bits per heavy atom. The molecule has 0 radical (unpaired) electrons. The smallest absolute Gasteiger partial charge is 0.308 e. The summed E-state index contributed by atoms with van der Waals surface area (Å²) in [6.45, 7) is 6.46. The van der Waals surface area contributed by atoms with Crippen LogP contribution in [0.2, 0.25) is 0 Å². The lowest BCUT2D eigenvalue weighted by atomic mass is 9.79. The summed E-state index contributed by atoms with van der Waals surface area (Å²) in [7, 11) is 2.14. The minimum atomic E-state index is -0.645. The van der Waals surface area contributed by atoms with Gasteiger partial charge in [-0.15, -0.1) is 0 Å².